The van der Waals surface area contributed by atoms with Crippen molar-refractivity contribution < 1.29 is 4.74 Å². The fourth-order valence-electron chi connectivity index (χ4n) is 2.52. The Balaban J connectivity index is 1.67. The number of nitriles is 1. The summed E-state index contributed by atoms with van der Waals surface area (Å²) < 4.78 is 5.33. The Morgan fingerprint density at radius 2 is 2.12 bits per heavy atom. The van der Waals surface area contributed by atoms with Crippen molar-refractivity contribution in [2.75, 3.05) is 57.9 Å². The zero-order chi connectivity index (χ0) is 18.6. The smallest absolute Gasteiger partial charge is 0.187 e. The van der Waals surface area contributed by atoms with Crippen LogP contribution in [0.1, 0.15) is 12.0 Å². The lowest BCUT2D eigenvalue weighted by atomic mass is 10.2. The molecule has 0 saturated carbocycles. The Kier molecular flexibility index (Phi) is 8.83. The number of hydrogen-bond acceptors (Lipinski definition) is 6. The molecular formula is C18H26N6OS. The molecule has 26 heavy (non-hydrogen) atoms. The van der Waals surface area contributed by atoms with Crippen LogP contribution in [0.25, 0.3) is 0 Å². The number of morpholine rings is 1. The SMILES string of the molecule is CN(CCC#N)c1ccc(/C=N\NC(=S)NCCN2CCOCC2)cc1. The molecule has 0 atom stereocenters. The molecule has 1 aromatic rings. The average molecular weight is 375 g/mol. The van der Waals surface area contributed by atoms with Crippen molar-refractivity contribution in [1.82, 2.24) is 15.6 Å². The Labute approximate surface area is 160 Å². The maximum Gasteiger partial charge on any atom is 0.187 e. The number of thiocarbonyl (C=S) groups is 1. The predicted molar refractivity (Wildman–Crippen MR) is 109 cm³/mol. The van der Waals surface area contributed by atoms with Gasteiger partial charge in [-0.1, -0.05) is 12.1 Å². The summed E-state index contributed by atoms with van der Waals surface area (Å²) in [6.07, 6.45) is 2.24. The van der Waals surface area contributed by atoms with E-state index in [1.165, 1.54) is 0 Å². The maximum atomic E-state index is 8.64. The summed E-state index contributed by atoms with van der Waals surface area (Å²) in [5.41, 5.74) is 4.89. The van der Waals surface area contributed by atoms with E-state index in [4.69, 9.17) is 22.2 Å². The third-order valence-corrected chi connectivity index (χ3v) is 4.33. The van der Waals surface area contributed by atoms with E-state index >= 15 is 0 Å². The van der Waals surface area contributed by atoms with E-state index in [1.807, 2.05) is 31.3 Å². The number of nitrogens with zero attached hydrogens (tertiary/aromatic N) is 4. The van der Waals surface area contributed by atoms with Crippen LogP contribution in [0.15, 0.2) is 29.4 Å². The Morgan fingerprint density at radius 3 is 2.81 bits per heavy atom. The van der Waals surface area contributed by atoms with Gasteiger partial charge in [0, 0.05) is 45.5 Å². The first-order chi connectivity index (χ1) is 12.7. The van der Waals surface area contributed by atoms with Gasteiger partial charge in [-0.3, -0.25) is 10.3 Å². The highest BCUT2D eigenvalue weighted by molar-refractivity contribution is 7.80. The molecule has 7 nitrogen and oxygen atoms in total. The Hall–Kier alpha value is -2.21. The molecule has 2 rings (SSSR count). The minimum Gasteiger partial charge on any atom is -0.379 e. The molecule has 1 aromatic carbocycles. The molecule has 2 N–H and O–H groups in total. The lowest BCUT2D eigenvalue weighted by Gasteiger charge is -2.26. The highest BCUT2D eigenvalue weighted by Gasteiger charge is 2.09. The second-order valence-electron chi connectivity index (χ2n) is 6.00. The van der Waals surface area contributed by atoms with Gasteiger partial charge in [0.1, 0.15) is 0 Å². The van der Waals surface area contributed by atoms with E-state index in [9.17, 15) is 0 Å². The summed E-state index contributed by atoms with van der Waals surface area (Å²) in [5, 5.41) is 16.5. The van der Waals surface area contributed by atoms with E-state index < -0.39 is 0 Å². The van der Waals surface area contributed by atoms with Gasteiger partial charge in [0.05, 0.1) is 31.9 Å². The number of benzene rings is 1. The molecule has 0 spiro atoms. The summed E-state index contributed by atoms with van der Waals surface area (Å²) in [6, 6.07) is 10.1. The quantitative estimate of drug-likeness (QED) is 0.402. The minimum atomic E-state index is 0.514. The van der Waals surface area contributed by atoms with Crippen molar-refractivity contribution in [1.29, 1.82) is 5.26 Å². The average Bonchev–Trinajstić information content (AvgIpc) is 2.67. The first-order valence-electron chi connectivity index (χ1n) is 8.74. The zero-order valence-electron chi connectivity index (χ0n) is 15.1. The molecule has 1 saturated heterocycles. The van der Waals surface area contributed by atoms with Gasteiger partial charge in [-0.05, 0) is 29.9 Å². The topological polar surface area (TPSA) is 75.9 Å². The molecule has 1 fully saturated rings. The summed E-state index contributed by atoms with van der Waals surface area (Å²) in [4.78, 5) is 4.40. The summed E-state index contributed by atoms with van der Waals surface area (Å²) in [7, 11) is 1.98. The first kappa shape index (κ1) is 20.1. The fourth-order valence-corrected chi connectivity index (χ4v) is 2.67. The van der Waals surface area contributed by atoms with E-state index in [2.05, 4.69) is 31.7 Å². The third kappa shape index (κ3) is 7.35. The third-order valence-electron chi connectivity index (χ3n) is 4.09. The van der Waals surface area contributed by atoms with Crippen LogP contribution in [0.4, 0.5) is 5.69 Å². The number of hydrogen-bond donors (Lipinski definition) is 2. The van der Waals surface area contributed by atoms with Gasteiger partial charge in [-0.2, -0.15) is 10.4 Å². The van der Waals surface area contributed by atoms with Gasteiger partial charge < -0.3 is 15.0 Å². The van der Waals surface area contributed by atoms with Crippen LogP contribution < -0.4 is 15.6 Å². The van der Waals surface area contributed by atoms with Crippen molar-refractivity contribution in [3.05, 3.63) is 29.8 Å². The van der Waals surface area contributed by atoms with Gasteiger partial charge >= 0.3 is 0 Å². The van der Waals surface area contributed by atoms with E-state index in [0.717, 1.165) is 57.2 Å². The molecule has 0 unspecified atom stereocenters. The molecule has 0 radical (unpaired) electrons. The number of rotatable bonds is 8. The number of anilines is 1. The second-order valence-corrected chi connectivity index (χ2v) is 6.41. The minimum absolute atomic E-state index is 0.514. The number of nitrogens with one attached hydrogen (secondary N) is 2. The molecule has 1 aliphatic heterocycles. The highest BCUT2D eigenvalue weighted by Crippen LogP contribution is 2.13. The lowest BCUT2D eigenvalue weighted by Crippen LogP contribution is -2.42. The summed E-state index contributed by atoms with van der Waals surface area (Å²) >= 11 is 5.22. The molecule has 1 aliphatic rings. The molecule has 0 amide bonds. The zero-order valence-corrected chi connectivity index (χ0v) is 16.0. The van der Waals surface area contributed by atoms with Crippen LogP contribution >= 0.6 is 12.2 Å². The lowest BCUT2D eigenvalue weighted by molar-refractivity contribution is 0.0389. The van der Waals surface area contributed by atoms with E-state index in [-0.39, 0.29) is 0 Å². The molecule has 8 heteroatoms. The van der Waals surface area contributed by atoms with Gasteiger partial charge in [0.25, 0.3) is 0 Å². The van der Waals surface area contributed by atoms with Crippen LogP contribution in [0.3, 0.4) is 0 Å². The second kappa shape index (κ2) is 11.4. The van der Waals surface area contributed by atoms with Crippen molar-refractivity contribution in [3.8, 4) is 6.07 Å². The molecule has 0 bridgehead atoms. The molecular weight excluding hydrogens is 348 g/mol. The van der Waals surface area contributed by atoms with E-state index in [0.29, 0.717) is 11.5 Å². The fraction of sp³-hybridized carbons (Fsp3) is 0.500. The number of hydrazone groups is 1. The van der Waals surface area contributed by atoms with Crippen LogP contribution in [-0.2, 0) is 4.74 Å². The number of ether oxygens (including phenoxy) is 1. The monoisotopic (exact) mass is 374 g/mol. The van der Waals surface area contributed by atoms with Gasteiger partial charge in [0.2, 0.25) is 0 Å². The van der Waals surface area contributed by atoms with Gasteiger partial charge in [0.15, 0.2) is 5.11 Å². The Bertz CT molecular complexity index is 622. The van der Waals surface area contributed by atoms with Crippen LogP contribution in [0.5, 0.6) is 0 Å². The summed E-state index contributed by atoms with van der Waals surface area (Å²) in [6.45, 7) is 6.00. The normalized spacial score (nSPS) is 14.8. The standard InChI is InChI=1S/C18H26N6OS/c1-23(9-2-7-19)17-5-3-16(4-6-17)15-21-22-18(26)20-8-10-24-11-13-25-14-12-24/h3-6,15H,2,8-14H2,1H3,(H2,20,22,26)/b21-15-. The highest BCUT2D eigenvalue weighted by atomic mass is 32.1. The molecule has 0 aliphatic carbocycles. The van der Waals surface area contributed by atoms with Crippen LogP contribution in [0.2, 0.25) is 0 Å². The van der Waals surface area contributed by atoms with E-state index in [1.54, 1.807) is 6.21 Å². The van der Waals surface area contributed by atoms with Gasteiger partial charge in [-0.15, -0.1) is 0 Å². The van der Waals surface area contributed by atoms with Crippen LogP contribution in [0, 0.1) is 11.3 Å². The largest absolute Gasteiger partial charge is 0.379 e. The maximum absolute atomic E-state index is 8.64. The van der Waals surface area contributed by atoms with Gasteiger partial charge in [-0.25, -0.2) is 0 Å². The molecule has 1 heterocycles. The van der Waals surface area contributed by atoms with Crippen molar-refractivity contribution in [3.63, 3.8) is 0 Å². The van der Waals surface area contributed by atoms with Crippen molar-refractivity contribution in [2.45, 2.75) is 6.42 Å². The summed E-state index contributed by atoms with van der Waals surface area (Å²) in [5.74, 6) is 0. The van der Waals surface area contributed by atoms with Crippen molar-refractivity contribution in [2.24, 2.45) is 5.10 Å². The molecule has 0 aromatic heterocycles. The Morgan fingerprint density at radius 1 is 1.38 bits per heavy atom. The van der Waals surface area contributed by atoms with Crippen LogP contribution in [-0.4, -0.2) is 69.2 Å². The molecule has 140 valence electrons. The first-order valence-corrected chi connectivity index (χ1v) is 9.15. The van der Waals surface area contributed by atoms with Crippen molar-refractivity contribution >= 4 is 29.2 Å². The predicted octanol–water partition coefficient (Wildman–Crippen LogP) is 1.17.